The first-order valence-electron chi connectivity index (χ1n) is 5.98. The third kappa shape index (κ3) is 2.36. The fourth-order valence-corrected chi connectivity index (χ4v) is 2.24. The molecule has 0 saturated heterocycles. The molecule has 0 amide bonds. The number of hydrogen-bond acceptors (Lipinski definition) is 2. The van der Waals surface area contributed by atoms with Crippen molar-refractivity contribution in [2.75, 3.05) is 5.32 Å². The first-order chi connectivity index (χ1) is 8.50. The molecule has 0 bridgehead atoms. The molecule has 0 aliphatic heterocycles. The van der Waals surface area contributed by atoms with E-state index in [4.69, 9.17) is 11.6 Å². The van der Waals surface area contributed by atoms with Crippen LogP contribution in [0.15, 0.2) is 18.2 Å². The number of aromatic nitrogens is 2. The molecule has 1 aromatic carbocycles. The van der Waals surface area contributed by atoms with Crippen LogP contribution < -0.4 is 5.32 Å². The van der Waals surface area contributed by atoms with Gasteiger partial charge in [-0.25, -0.2) is 0 Å². The number of rotatable bonds is 3. The monoisotopic (exact) mass is 263 g/mol. The largest absolute Gasteiger partial charge is 0.381 e. The summed E-state index contributed by atoms with van der Waals surface area (Å²) in [6.07, 6.45) is 0. The van der Waals surface area contributed by atoms with Gasteiger partial charge in [-0.15, -0.1) is 0 Å². The molecule has 0 saturated carbocycles. The maximum atomic E-state index is 6.21. The molecule has 0 aliphatic carbocycles. The number of benzene rings is 1. The molecular weight excluding hydrogens is 246 g/mol. The average molecular weight is 264 g/mol. The summed E-state index contributed by atoms with van der Waals surface area (Å²) in [5.41, 5.74) is 5.74. The van der Waals surface area contributed by atoms with E-state index in [0.29, 0.717) is 11.7 Å². The number of aryl methyl sites for hydroxylation is 3. The van der Waals surface area contributed by atoms with Gasteiger partial charge in [-0.05, 0) is 38.0 Å². The standard InChI is InChI=1S/C14H18ClN3/c1-9-6-5-7-13(10(9)2)16-8-12-11(3)17-18(4)14(12)15/h5-7,16H,8H2,1-4H3. The van der Waals surface area contributed by atoms with Crippen molar-refractivity contribution in [1.82, 2.24) is 9.78 Å². The van der Waals surface area contributed by atoms with E-state index >= 15 is 0 Å². The normalized spacial score (nSPS) is 10.7. The summed E-state index contributed by atoms with van der Waals surface area (Å²) in [4.78, 5) is 0. The van der Waals surface area contributed by atoms with E-state index < -0.39 is 0 Å². The van der Waals surface area contributed by atoms with Crippen LogP contribution in [0.2, 0.25) is 5.15 Å². The molecule has 0 radical (unpaired) electrons. The number of nitrogens with zero attached hydrogens (tertiary/aromatic N) is 2. The molecule has 1 aromatic heterocycles. The van der Waals surface area contributed by atoms with E-state index in [1.54, 1.807) is 4.68 Å². The zero-order valence-corrected chi connectivity index (χ0v) is 12.0. The summed E-state index contributed by atoms with van der Waals surface area (Å²) < 4.78 is 1.71. The molecule has 1 N–H and O–H groups in total. The minimum atomic E-state index is 0.697. The molecule has 1 heterocycles. The number of hydrogen-bond donors (Lipinski definition) is 1. The van der Waals surface area contributed by atoms with Gasteiger partial charge in [0.1, 0.15) is 5.15 Å². The Morgan fingerprint density at radius 2 is 2.00 bits per heavy atom. The predicted octanol–water partition coefficient (Wildman–Crippen LogP) is 3.61. The lowest BCUT2D eigenvalue weighted by molar-refractivity contribution is 0.757. The molecule has 4 heteroatoms. The van der Waals surface area contributed by atoms with Crippen molar-refractivity contribution < 1.29 is 0 Å². The Kier molecular flexibility index (Phi) is 3.62. The van der Waals surface area contributed by atoms with Gasteiger partial charge in [-0.2, -0.15) is 5.10 Å². The third-order valence-electron chi connectivity index (χ3n) is 3.33. The molecule has 2 rings (SSSR count). The Bertz CT molecular complexity index is 573. The topological polar surface area (TPSA) is 29.9 Å². The first kappa shape index (κ1) is 13.0. The molecular formula is C14H18ClN3. The number of halogens is 1. The Morgan fingerprint density at radius 1 is 1.28 bits per heavy atom. The van der Waals surface area contributed by atoms with E-state index in [1.807, 2.05) is 14.0 Å². The van der Waals surface area contributed by atoms with Crippen LogP contribution in [-0.2, 0) is 13.6 Å². The van der Waals surface area contributed by atoms with E-state index in [2.05, 4.69) is 42.5 Å². The minimum Gasteiger partial charge on any atom is -0.381 e. The summed E-state index contributed by atoms with van der Waals surface area (Å²) in [7, 11) is 1.86. The second-order valence-electron chi connectivity index (χ2n) is 4.58. The number of anilines is 1. The number of nitrogens with one attached hydrogen (secondary N) is 1. The van der Waals surface area contributed by atoms with Crippen LogP contribution in [0.3, 0.4) is 0 Å². The van der Waals surface area contributed by atoms with Gasteiger partial charge >= 0.3 is 0 Å². The van der Waals surface area contributed by atoms with Crippen molar-refractivity contribution in [1.29, 1.82) is 0 Å². The molecule has 96 valence electrons. The van der Waals surface area contributed by atoms with Crippen LogP contribution in [0.4, 0.5) is 5.69 Å². The second kappa shape index (κ2) is 5.02. The van der Waals surface area contributed by atoms with E-state index in [9.17, 15) is 0 Å². The first-order valence-corrected chi connectivity index (χ1v) is 6.36. The van der Waals surface area contributed by atoms with Crippen LogP contribution >= 0.6 is 11.6 Å². The van der Waals surface area contributed by atoms with Crippen molar-refractivity contribution in [2.45, 2.75) is 27.3 Å². The highest BCUT2D eigenvalue weighted by Crippen LogP contribution is 2.22. The Labute approximate surface area is 113 Å². The highest BCUT2D eigenvalue weighted by atomic mass is 35.5. The van der Waals surface area contributed by atoms with Gasteiger partial charge in [0.05, 0.1) is 5.69 Å². The summed E-state index contributed by atoms with van der Waals surface area (Å²) in [6.45, 7) is 6.91. The van der Waals surface area contributed by atoms with E-state index in [-0.39, 0.29) is 0 Å². The summed E-state index contributed by atoms with van der Waals surface area (Å²) in [5.74, 6) is 0. The predicted molar refractivity (Wildman–Crippen MR) is 76.2 cm³/mol. The molecule has 0 atom stereocenters. The molecule has 0 fully saturated rings. The van der Waals surface area contributed by atoms with Crippen molar-refractivity contribution in [2.24, 2.45) is 7.05 Å². The van der Waals surface area contributed by atoms with Gasteiger partial charge in [0, 0.05) is 24.8 Å². The molecule has 3 nitrogen and oxygen atoms in total. The summed E-state index contributed by atoms with van der Waals surface area (Å²) in [6, 6.07) is 6.26. The third-order valence-corrected chi connectivity index (χ3v) is 3.80. The van der Waals surface area contributed by atoms with Gasteiger partial charge in [-0.3, -0.25) is 4.68 Å². The molecule has 0 unspecified atom stereocenters. The molecule has 18 heavy (non-hydrogen) atoms. The Balaban J connectivity index is 2.19. The summed E-state index contributed by atoms with van der Waals surface area (Å²) >= 11 is 6.21. The van der Waals surface area contributed by atoms with Crippen LogP contribution in [0.5, 0.6) is 0 Å². The van der Waals surface area contributed by atoms with Gasteiger partial charge in [0.25, 0.3) is 0 Å². The molecule has 0 aliphatic rings. The van der Waals surface area contributed by atoms with E-state index in [0.717, 1.165) is 16.9 Å². The lowest BCUT2D eigenvalue weighted by Crippen LogP contribution is -2.03. The second-order valence-corrected chi connectivity index (χ2v) is 4.94. The van der Waals surface area contributed by atoms with E-state index in [1.165, 1.54) is 11.1 Å². The lowest BCUT2D eigenvalue weighted by atomic mass is 10.1. The zero-order chi connectivity index (χ0) is 13.3. The van der Waals surface area contributed by atoms with Crippen molar-refractivity contribution in [3.8, 4) is 0 Å². The highest BCUT2D eigenvalue weighted by Gasteiger charge is 2.11. The van der Waals surface area contributed by atoms with Gasteiger partial charge < -0.3 is 5.32 Å². The van der Waals surface area contributed by atoms with Crippen LogP contribution in [0, 0.1) is 20.8 Å². The van der Waals surface area contributed by atoms with Gasteiger partial charge in [-0.1, -0.05) is 23.7 Å². The Hall–Kier alpha value is -1.48. The Morgan fingerprint density at radius 3 is 2.61 bits per heavy atom. The fraction of sp³-hybridized carbons (Fsp3) is 0.357. The fourth-order valence-electron chi connectivity index (χ4n) is 2.00. The van der Waals surface area contributed by atoms with Gasteiger partial charge in [0.2, 0.25) is 0 Å². The molecule has 2 aromatic rings. The maximum Gasteiger partial charge on any atom is 0.131 e. The minimum absolute atomic E-state index is 0.697. The van der Waals surface area contributed by atoms with Crippen LogP contribution in [0.25, 0.3) is 0 Å². The molecule has 0 spiro atoms. The van der Waals surface area contributed by atoms with Gasteiger partial charge in [0.15, 0.2) is 0 Å². The zero-order valence-electron chi connectivity index (χ0n) is 11.2. The van der Waals surface area contributed by atoms with Crippen LogP contribution in [0.1, 0.15) is 22.4 Å². The lowest BCUT2D eigenvalue weighted by Gasteiger charge is -2.11. The SMILES string of the molecule is Cc1cccc(NCc2c(C)nn(C)c2Cl)c1C. The quantitative estimate of drug-likeness (QED) is 0.917. The van der Waals surface area contributed by atoms with Crippen molar-refractivity contribution in [3.05, 3.63) is 45.7 Å². The van der Waals surface area contributed by atoms with Crippen molar-refractivity contribution >= 4 is 17.3 Å². The smallest absolute Gasteiger partial charge is 0.131 e. The maximum absolute atomic E-state index is 6.21. The highest BCUT2D eigenvalue weighted by molar-refractivity contribution is 6.30. The summed E-state index contributed by atoms with van der Waals surface area (Å²) in [5, 5.41) is 8.43. The van der Waals surface area contributed by atoms with Crippen molar-refractivity contribution in [3.63, 3.8) is 0 Å². The average Bonchev–Trinajstić information content (AvgIpc) is 2.56. The van der Waals surface area contributed by atoms with Crippen LogP contribution in [-0.4, -0.2) is 9.78 Å².